The van der Waals surface area contributed by atoms with E-state index < -0.39 is 0 Å². The van der Waals surface area contributed by atoms with Gasteiger partial charge in [0.2, 0.25) is 0 Å². The van der Waals surface area contributed by atoms with E-state index in [0.29, 0.717) is 0 Å². The van der Waals surface area contributed by atoms with Crippen LogP contribution in [0.5, 0.6) is 0 Å². The molecule has 0 amide bonds. The van der Waals surface area contributed by atoms with Crippen molar-refractivity contribution in [2.24, 2.45) is 11.8 Å². The van der Waals surface area contributed by atoms with Crippen LogP contribution in [0.25, 0.3) is 0 Å². The summed E-state index contributed by atoms with van der Waals surface area (Å²) < 4.78 is 0. The van der Waals surface area contributed by atoms with Crippen LogP contribution < -0.4 is 5.32 Å². The number of nitrogens with one attached hydrogen (secondary N) is 1. The maximum Gasteiger partial charge on any atom is 0.00698 e. The van der Waals surface area contributed by atoms with Crippen molar-refractivity contribution in [1.29, 1.82) is 0 Å². The maximum absolute atomic E-state index is 3.61. The Bertz CT molecular complexity index is 122. The lowest BCUT2D eigenvalue weighted by atomic mass is 10.0. The highest BCUT2D eigenvalue weighted by atomic mass is 14.9. The minimum atomic E-state index is 0.869. The normalized spacial score (nSPS) is 44.7. The van der Waals surface area contributed by atoms with E-state index in [1.807, 2.05) is 0 Å². The van der Waals surface area contributed by atoms with E-state index >= 15 is 0 Å². The molecule has 1 saturated heterocycles. The van der Waals surface area contributed by atoms with Crippen molar-refractivity contribution in [2.45, 2.75) is 38.6 Å². The molecule has 2 rings (SSSR count). The largest absolute Gasteiger partial charge is 0.314 e. The van der Waals surface area contributed by atoms with E-state index in [4.69, 9.17) is 0 Å². The first kappa shape index (κ1) is 6.66. The lowest BCUT2D eigenvalue weighted by Gasteiger charge is -2.22. The van der Waals surface area contributed by atoms with Crippen molar-refractivity contribution in [1.82, 2.24) is 5.32 Å². The highest BCUT2D eigenvalue weighted by Gasteiger charge is 2.41. The van der Waals surface area contributed by atoms with Gasteiger partial charge < -0.3 is 5.32 Å². The second kappa shape index (κ2) is 2.54. The summed E-state index contributed by atoms with van der Waals surface area (Å²) in [5, 5.41) is 3.61. The number of rotatable bonds is 2. The maximum atomic E-state index is 3.61. The molecule has 2 fully saturated rings. The average molecular weight is 139 g/mol. The smallest absolute Gasteiger partial charge is 0.00698 e. The molecule has 1 nitrogen and oxygen atoms in total. The van der Waals surface area contributed by atoms with E-state index in [2.05, 4.69) is 12.2 Å². The molecular weight excluding hydrogens is 122 g/mol. The van der Waals surface area contributed by atoms with E-state index in [1.54, 1.807) is 0 Å². The first-order chi connectivity index (χ1) is 4.90. The van der Waals surface area contributed by atoms with Gasteiger partial charge in [0.1, 0.15) is 0 Å². The number of piperidine rings is 1. The highest BCUT2D eigenvalue weighted by Crippen LogP contribution is 2.44. The van der Waals surface area contributed by atoms with Crippen LogP contribution in [0.15, 0.2) is 0 Å². The Kier molecular flexibility index (Phi) is 1.69. The Morgan fingerprint density at radius 1 is 1.30 bits per heavy atom. The second-order valence-corrected chi connectivity index (χ2v) is 3.89. The SMILES string of the molecule is CCCC1CC2CC2CN1. The minimum Gasteiger partial charge on any atom is -0.314 e. The zero-order valence-electron chi connectivity index (χ0n) is 6.77. The minimum absolute atomic E-state index is 0.869. The van der Waals surface area contributed by atoms with E-state index in [-0.39, 0.29) is 0 Å². The zero-order chi connectivity index (χ0) is 6.97. The van der Waals surface area contributed by atoms with Crippen molar-refractivity contribution in [3.05, 3.63) is 0 Å². The quantitative estimate of drug-likeness (QED) is 0.615. The molecule has 1 N–H and O–H groups in total. The van der Waals surface area contributed by atoms with Crippen LogP contribution in [0, 0.1) is 11.8 Å². The van der Waals surface area contributed by atoms with Gasteiger partial charge in [-0.25, -0.2) is 0 Å². The van der Waals surface area contributed by atoms with Gasteiger partial charge in [0.25, 0.3) is 0 Å². The summed E-state index contributed by atoms with van der Waals surface area (Å²) in [4.78, 5) is 0. The highest BCUT2D eigenvalue weighted by molar-refractivity contribution is 4.95. The van der Waals surface area contributed by atoms with Crippen molar-refractivity contribution < 1.29 is 0 Å². The number of fused-ring (bicyclic) bond motifs is 1. The molecule has 3 atom stereocenters. The molecule has 2 aliphatic rings. The second-order valence-electron chi connectivity index (χ2n) is 3.89. The van der Waals surface area contributed by atoms with Gasteiger partial charge in [0.05, 0.1) is 0 Å². The van der Waals surface area contributed by atoms with Crippen LogP contribution >= 0.6 is 0 Å². The Labute approximate surface area is 63.2 Å². The standard InChI is InChI=1S/C9H17N/c1-2-3-9-5-7-4-8(7)6-10-9/h7-10H,2-6H2,1H3. The van der Waals surface area contributed by atoms with Crippen LogP contribution in [0.4, 0.5) is 0 Å². The van der Waals surface area contributed by atoms with Crippen molar-refractivity contribution >= 4 is 0 Å². The summed E-state index contributed by atoms with van der Waals surface area (Å²) >= 11 is 0. The fraction of sp³-hybridized carbons (Fsp3) is 1.00. The molecule has 1 heterocycles. The molecular formula is C9H17N. The van der Waals surface area contributed by atoms with E-state index in [9.17, 15) is 0 Å². The van der Waals surface area contributed by atoms with Gasteiger partial charge >= 0.3 is 0 Å². The fourth-order valence-corrected chi connectivity index (χ4v) is 2.18. The molecule has 58 valence electrons. The summed E-state index contributed by atoms with van der Waals surface area (Å²) in [5.74, 6) is 2.20. The average Bonchev–Trinajstić information content (AvgIpc) is 2.66. The predicted octanol–water partition coefficient (Wildman–Crippen LogP) is 1.78. The van der Waals surface area contributed by atoms with Crippen molar-refractivity contribution in [3.8, 4) is 0 Å². The lowest BCUT2D eigenvalue weighted by molar-refractivity contribution is 0.366. The van der Waals surface area contributed by atoms with E-state index in [1.165, 1.54) is 32.2 Å². The van der Waals surface area contributed by atoms with Crippen LogP contribution in [-0.2, 0) is 0 Å². The number of hydrogen-bond acceptors (Lipinski definition) is 1. The van der Waals surface area contributed by atoms with Gasteiger partial charge in [-0.1, -0.05) is 13.3 Å². The molecule has 1 saturated carbocycles. The van der Waals surface area contributed by atoms with Crippen molar-refractivity contribution in [2.75, 3.05) is 6.54 Å². The van der Waals surface area contributed by atoms with Crippen LogP contribution in [-0.4, -0.2) is 12.6 Å². The lowest BCUT2D eigenvalue weighted by Crippen LogP contribution is -2.35. The van der Waals surface area contributed by atoms with Crippen LogP contribution in [0.3, 0.4) is 0 Å². The molecule has 0 aromatic carbocycles. The Hall–Kier alpha value is -0.0400. The summed E-state index contributed by atoms with van der Waals surface area (Å²) in [5.41, 5.74) is 0. The van der Waals surface area contributed by atoms with Crippen LogP contribution in [0.1, 0.15) is 32.6 Å². The molecule has 1 heteroatoms. The topological polar surface area (TPSA) is 12.0 Å². The molecule has 0 bridgehead atoms. The molecule has 0 aromatic rings. The van der Waals surface area contributed by atoms with Gasteiger partial charge in [-0.3, -0.25) is 0 Å². The van der Waals surface area contributed by atoms with Crippen molar-refractivity contribution in [3.63, 3.8) is 0 Å². The third-order valence-corrected chi connectivity index (χ3v) is 2.96. The summed E-state index contributed by atoms with van der Waals surface area (Å²) in [7, 11) is 0. The zero-order valence-corrected chi connectivity index (χ0v) is 6.77. The van der Waals surface area contributed by atoms with Gasteiger partial charge in [0, 0.05) is 6.04 Å². The first-order valence-corrected chi connectivity index (χ1v) is 4.63. The molecule has 10 heavy (non-hydrogen) atoms. The molecule has 0 aromatic heterocycles. The summed E-state index contributed by atoms with van der Waals surface area (Å²) in [6.07, 6.45) is 5.73. The third-order valence-electron chi connectivity index (χ3n) is 2.96. The van der Waals surface area contributed by atoms with Crippen LogP contribution in [0.2, 0.25) is 0 Å². The van der Waals surface area contributed by atoms with Gasteiger partial charge in [-0.15, -0.1) is 0 Å². The molecule has 3 unspecified atom stereocenters. The van der Waals surface area contributed by atoms with Gasteiger partial charge in [0.15, 0.2) is 0 Å². The van der Waals surface area contributed by atoms with Gasteiger partial charge in [-0.05, 0) is 37.6 Å². The van der Waals surface area contributed by atoms with Gasteiger partial charge in [-0.2, -0.15) is 0 Å². The number of hydrogen-bond donors (Lipinski definition) is 1. The monoisotopic (exact) mass is 139 g/mol. The Morgan fingerprint density at radius 3 is 2.90 bits per heavy atom. The molecule has 1 aliphatic heterocycles. The predicted molar refractivity (Wildman–Crippen MR) is 42.9 cm³/mol. The Morgan fingerprint density at radius 2 is 2.20 bits per heavy atom. The summed E-state index contributed by atoms with van der Waals surface area (Å²) in [6, 6.07) is 0.869. The van der Waals surface area contributed by atoms with E-state index in [0.717, 1.165) is 17.9 Å². The molecule has 0 spiro atoms. The molecule has 1 aliphatic carbocycles. The first-order valence-electron chi connectivity index (χ1n) is 4.63. The molecule has 0 radical (unpaired) electrons. The summed E-state index contributed by atoms with van der Waals surface area (Å²) in [6.45, 7) is 3.59. The third kappa shape index (κ3) is 1.20. The Balaban J connectivity index is 1.77. The fourth-order valence-electron chi connectivity index (χ4n) is 2.18.